The van der Waals surface area contributed by atoms with E-state index in [1.807, 2.05) is 26.0 Å². The summed E-state index contributed by atoms with van der Waals surface area (Å²) in [6.07, 6.45) is 5.93. The van der Waals surface area contributed by atoms with Crippen molar-refractivity contribution in [1.29, 1.82) is 0 Å². The molecule has 0 aromatic carbocycles. The largest absolute Gasteiger partial charge is 0.339 e. The number of aromatic nitrogens is 1. The monoisotopic (exact) mass is 218 g/mol. The van der Waals surface area contributed by atoms with Crippen LogP contribution >= 0.6 is 0 Å². The highest BCUT2D eigenvalue weighted by Gasteiger charge is 2.12. The van der Waals surface area contributed by atoms with E-state index in [0.29, 0.717) is 5.56 Å². The van der Waals surface area contributed by atoms with Gasteiger partial charge in [-0.25, -0.2) is 0 Å². The SMILES string of the molecule is C=CCc1cncc(C(=O)N(CC)CC)c1. The molecule has 1 amide bonds. The Morgan fingerprint density at radius 3 is 2.69 bits per heavy atom. The summed E-state index contributed by atoms with van der Waals surface area (Å²) >= 11 is 0. The van der Waals surface area contributed by atoms with Crippen molar-refractivity contribution < 1.29 is 4.79 Å². The molecule has 1 heterocycles. The Morgan fingerprint density at radius 2 is 2.12 bits per heavy atom. The lowest BCUT2D eigenvalue weighted by atomic mass is 10.1. The average Bonchev–Trinajstić information content (AvgIpc) is 2.31. The Hall–Kier alpha value is -1.64. The van der Waals surface area contributed by atoms with E-state index in [9.17, 15) is 4.79 Å². The van der Waals surface area contributed by atoms with Crippen LogP contribution in [0.1, 0.15) is 29.8 Å². The summed E-state index contributed by atoms with van der Waals surface area (Å²) in [5.74, 6) is 0.0448. The number of allylic oxidation sites excluding steroid dienone is 1. The zero-order valence-corrected chi connectivity index (χ0v) is 9.94. The molecule has 0 atom stereocenters. The summed E-state index contributed by atoms with van der Waals surface area (Å²) in [5, 5.41) is 0. The van der Waals surface area contributed by atoms with Gasteiger partial charge in [0.05, 0.1) is 5.56 Å². The lowest BCUT2D eigenvalue weighted by Crippen LogP contribution is -2.30. The van der Waals surface area contributed by atoms with E-state index in [-0.39, 0.29) is 5.91 Å². The van der Waals surface area contributed by atoms with Crippen molar-refractivity contribution in [3.05, 3.63) is 42.2 Å². The van der Waals surface area contributed by atoms with E-state index in [1.54, 1.807) is 17.3 Å². The van der Waals surface area contributed by atoms with Gasteiger partial charge in [0.15, 0.2) is 0 Å². The fourth-order valence-corrected chi connectivity index (χ4v) is 1.58. The molecule has 0 N–H and O–H groups in total. The number of pyridine rings is 1. The van der Waals surface area contributed by atoms with Crippen molar-refractivity contribution in [3.8, 4) is 0 Å². The first-order valence-electron chi connectivity index (χ1n) is 5.57. The molecule has 1 aromatic heterocycles. The number of hydrogen-bond donors (Lipinski definition) is 0. The summed E-state index contributed by atoms with van der Waals surface area (Å²) in [5.41, 5.74) is 1.68. The average molecular weight is 218 g/mol. The van der Waals surface area contributed by atoms with Crippen LogP contribution in [-0.4, -0.2) is 28.9 Å². The molecule has 0 saturated heterocycles. The summed E-state index contributed by atoms with van der Waals surface area (Å²) in [6.45, 7) is 9.07. The predicted octanol–water partition coefficient (Wildman–Crippen LogP) is 2.29. The van der Waals surface area contributed by atoms with E-state index >= 15 is 0 Å². The number of rotatable bonds is 5. The number of nitrogens with zero attached hydrogens (tertiary/aromatic N) is 2. The molecular weight excluding hydrogens is 200 g/mol. The minimum absolute atomic E-state index is 0.0448. The van der Waals surface area contributed by atoms with Crippen LogP contribution in [0.2, 0.25) is 0 Å². The molecule has 16 heavy (non-hydrogen) atoms. The van der Waals surface area contributed by atoms with Gasteiger partial charge in [-0.2, -0.15) is 0 Å². The molecule has 0 radical (unpaired) electrons. The highest BCUT2D eigenvalue weighted by Crippen LogP contribution is 2.07. The number of carbonyl (C=O) groups is 1. The first-order valence-corrected chi connectivity index (χ1v) is 5.57. The molecule has 1 rings (SSSR count). The number of hydrogen-bond acceptors (Lipinski definition) is 2. The third-order valence-electron chi connectivity index (χ3n) is 2.47. The first-order chi connectivity index (χ1) is 7.72. The smallest absolute Gasteiger partial charge is 0.255 e. The molecule has 0 aliphatic rings. The Morgan fingerprint density at radius 1 is 1.44 bits per heavy atom. The molecule has 0 fully saturated rings. The molecule has 0 unspecified atom stereocenters. The maximum Gasteiger partial charge on any atom is 0.255 e. The van der Waals surface area contributed by atoms with Crippen LogP contribution in [-0.2, 0) is 6.42 Å². The minimum atomic E-state index is 0.0448. The fourth-order valence-electron chi connectivity index (χ4n) is 1.58. The lowest BCUT2D eigenvalue weighted by Gasteiger charge is -2.18. The Kier molecular flexibility index (Phi) is 4.70. The Bertz CT molecular complexity index is 370. The van der Waals surface area contributed by atoms with E-state index in [1.165, 1.54) is 0 Å². The van der Waals surface area contributed by atoms with Crippen LogP contribution in [0, 0.1) is 0 Å². The number of carbonyl (C=O) groups excluding carboxylic acids is 1. The van der Waals surface area contributed by atoms with Crippen molar-refractivity contribution in [3.63, 3.8) is 0 Å². The van der Waals surface area contributed by atoms with Gasteiger partial charge < -0.3 is 4.90 Å². The third-order valence-corrected chi connectivity index (χ3v) is 2.47. The second-order valence-electron chi connectivity index (χ2n) is 3.55. The van der Waals surface area contributed by atoms with E-state index in [2.05, 4.69) is 11.6 Å². The summed E-state index contributed by atoms with van der Waals surface area (Å²) < 4.78 is 0. The molecule has 0 aliphatic carbocycles. The Balaban J connectivity index is 2.90. The minimum Gasteiger partial charge on any atom is -0.339 e. The second-order valence-corrected chi connectivity index (χ2v) is 3.55. The summed E-state index contributed by atoms with van der Waals surface area (Å²) in [4.78, 5) is 17.9. The zero-order valence-electron chi connectivity index (χ0n) is 9.94. The van der Waals surface area contributed by atoms with Crippen molar-refractivity contribution in [2.24, 2.45) is 0 Å². The second kappa shape index (κ2) is 6.05. The maximum atomic E-state index is 12.0. The third kappa shape index (κ3) is 2.92. The molecular formula is C13H18N2O. The quantitative estimate of drug-likeness (QED) is 0.710. The molecule has 3 nitrogen and oxygen atoms in total. The van der Waals surface area contributed by atoms with Gasteiger partial charge in [-0.3, -0.25) is 9.78 Å². The van der Waals surface area contributed by atoms with Crippen molar-refractivity contribution >= 4 is 5.91 Å². The van der Waals surface area contributed by atoms with Gasteiger partial charge in [0, 0.05) is 25.5 Å². The summed E-state index contributed by atoms with van der Waals surface area (Å²) in [6, 6.07) is 1.88. The van der Waals surface area contributed by atoms with Crippen LogP contribution in [0.25, 0.3) is 0 Å². The van der Waals surface area contributed by atoms with Crippen molar-refractivity contribution in [2.75, 3.05) is 13.1 Å². The normalized spacial score (nSPS) is 9.88. The highest BCUT2D eigenvalue weighted by atomic mass is 16.2. The van der Waals surface area contributed by atoms with Crippen molar-refractivity contribution in [2.45, 2.75) is 20.3 Å². The summed E-state index contributed by atoms with van der Waals surface area (Å²) in [7, 11) is 0. The van der Waals surface area contributed by atoms with Crippen LogP contribution in [0.15, 0.2) is 31.1 Å². The Labute approximate surface area is 96.8 Å². The van der Waals surface area contributed by atoms with Crippen LogP contribution in [0.3, 0.4) is 0 Å². The zero-order chi connectivity index (χ0) is 12.0. The highest BCUT2D eigenvalue weighted by molar-refractivity contribution is 5.94. The molecule has 0 bridgehead atoms. The first kappa shape index (κ1) is 12.4. The van der Waals surface area contributed by atoms with Crippen molar-refractivity contribution in [1.82, 2.24) is 9.88 Å². The molecule has 0 spiro atoms. The fraction of sp³-hybridized carbons (Fsp3) is 0.385. The van der Waals surface area contributed by atoms with Crippen LogP contribution < -0.4 is 0 Å². The van der Waals surface area contributed by atoms with E-state index < -0.39 is 0 Å². The van der Waals surface area contributed by atoms with Gasteiger partial charge in [0.1, 0.15) is 0 Å². The molecule has 3 heteroatoms. The molecule has 1 aromatic rings. The van der Waals surface area contributed by atoms with Gasteiger partial charge in [-0.15, -0.1) is 6.58 Å². The van der Waals surface area contributed by atoms with Gasteiger partial charge >= 0.3 is 0 Å². The number of amides is 1. The van der Waals surface area contributed by atoms with Gasteiger partial charge in [-0.1, -0.05) is 6.08 Å². The lowest BCUT2D eigenvalue weighted by molar-refractivity contribution is 0.0772. The van der Waals surface area contributed by atoms with Gasteiger partial charge in [0.2, 0.25) is 0 Å². The van der Waals surface area contributed by atoms with Gasteiger partial charge in [0.25, 0.3) is 5.91 Å². The molecule has 86 valence electrons. The van der Waals surface area contributed by atoms with Crippen LogP contribution in [0.5, 0.6) is 0 Å². The van der Waals surface area contributed by atoms with E-state index in [4.69, 9.17) is 0 Å². The van der Waals surface area contributed by atoms with Crippen LogP contribution in [0.4, 0.5) is 0 Å². The maximum absolute atomic E-state index is 12.0. The van der Waals surface area contributed by atoms with E-state index in [0.717, 1.165) is 25.1 Å². The molecule has 0 saturated carbocycles. The predicted molar refractivity (Wildman–Crippen MR) is 65.4 cm³/mol. The topological polar surface area (TPSA) is 33.2 Å². The van der Waals surface area contributed by atoms with Gasteiger partial charge in [-0.05, 0) is 31.9 Å². The molecule has 0 aliphatic heterocycles. The standard InChI is InChI=1S/C13H18N2O/c1-4-7-11-8-12(10-14-9-11)13(16)15(5-2)6-3/h4,8-10H,1,5-7H2,2-3H3.